The van der Waals surface area contributed by atoms with Gasteiger partial charge in [-0.3, -0.25) is 4.90 Å². The molecule has 17 heavy (non-hydrogen) atoms. The Morgan fingerprint density at radius 2 is 1.94 bits per heavy atom. The molecule has 2 atom stereocenters. The lowest BCUT2D eigenvalue weighted by atomic mass is 9.90. The van der Waals surface area contributed by atoms with E-state index in [2.05, 4.69) is 24.0 Å². The van der Waals surface area contributed by atoms with Crippen LogP contribution < -0.4 is 0 Å². The fraction of sp³-hybridized carbons (Fsp3) is 0.571. The predicted molar refractivity (Wildman–Crippen MR) is 65.0 cm³/mol. The molecule has 1 heterocycles. The van der Waals surface area contributed by atoms with Crippen LogP contribution in [0.15, 0.2) is 30.3 Å². The molecule has 1 aliphatic rings. The first kappa shape index (κ1) is 12.5. The van der Waals surface area contributed by atoms with Crippen molar-refractivity contribution in [2.75, 3.05) is 13.1 Å². The molecule has 1 aromatic rings. The van der Waals surface area contributed by atoms with Crippen LogP contribution in [0.4, 0.5) is 8.78 Å². The summed E-state index contributed by atoms with van der Waals surface area (Å²) in [5.74, 6) is -0.0890. The van der Waals surface area contributed by atoms with Gasteiger partial charge in [0.05, 0.1) is 0 Å². The van der Waals surface area contributed by atoms with Gasteiger partial charge in [-0.15, -0.1) is 0 Å². The van der Waals surface area contributed by atoms with Gasteiger partial charge < -0.3 is 0 Å². The Morgan fingerprint density at radius 1 is 1.24 bits per heavy atom. The first-order valence-electron chi connectivity index (χ1n) is 6.19. The van der Waals surface area contributed by atoms with Crippen LogP contribution in [0.25, 0.3) is 0 Å². The molecule has 1 nitrogen and oxygen atoms in total. The van der Waals surface area contributed by atoms with E-state index in [0.717, 1.165) is 13.1 Å². The second kappa shape index (κ2) is 5.58. The zero-order valence-corrected chi connectivity index (χ0v) is 10.2. The van der Waals surface area contributed by atoms with Crippen molar-refractivity contribution < 1.29 is 8.78 Å². The number of halogens is 2. The van der Waals surface area contributed by atoms with E-state index in [-0.39, 0.29) is 0 Å². The Balaban J connectivity index is 1.96. The van der Waals surface area contributed by atoms with Crippen molar-refractivity contribution in [1.82, 2.24) is 4.90 Å². The molecular formula is C14H19F2N. The average Bonchev–Trinajstić information content (AvgIpc) is 2.29. The molecular weight excluding hydrogens is 220 g/mol. The highest BCUT2D eigenvalue weighted by atomic mass is 19.3. The molecule has 3 heteroatoms. The lowest BCUT2D eigenvalue weighted by Crippen LogP contribution is -2.41. The van der Waals surface area contributed by atoms with E-state index in [4.69, 9.17) is 0 Å². The maximum absolute atomic E-state index is 12.8. The molecule has 0 bridgehead atoms. The number of benzene rings is 1. The summed E-state index contributed by atoms with van der Waals surface area (Å²) < 4.78 is 25.6. The van der Waals surface area contributed by atoms with Crippen LogP contribution in [0.5, 0.6) is 0 Å². The molecule has 1 fully saturated rings. The van der Waals surface area contributed by atoms with Crippen LogP contribution in [-0.2, 0) is 6.54 Å². The fourth-order valence-corrected chi connectivity index (χ4v) is 2.67. The Kier molecular flexibility index (Phi) is 4.11. The molecule has 2 unspecified atom stereocenters. The number of nitrogens with zero attached hydrogens (tertiary/aromatic N) is 1. The van der Waals surface area contributed by atoms with Gasteiger partial charge in [0.15, 0.2) is 0 Å². The molecule has 0 saturated carbocycles. The lowest BCUT2D eigenvalue weighted by molar-refractivity contribution is 0.00835. The SMILES string of the molecule is CC1CC(C(F)F)CN(Cc2ccccc2)C1. The number of rotatable bonds is 3. The minimum atomic E-state index is -2.18. The highest BCUT2D eigenvalue weighted by Crippen LogP contribution is 2.27. The average molecular weight is 239 g/mol. The zero-order chi connectivity index (χ0) is 12.3. The summed E-state index contributed by atoms with van der Waals surface area (Å²) >= 11 is 0. The van der Waals surface area contributed by atoms with Gasteiger partial charge in [-0.05, 0) is 17.9 Å². The maximum atomic E-state index is 12.8. The first-order chi connectivity index (χ1) is 8.15. The van der Waals surface area contributed by atoms with E-state index >= 15 is 0 Å². The number of alkyl halides is 2. The monoisotopic (exact) mass is 239 g/mol. The maximum Gasteiger partial charge on any atom is 0.242 e. The van der Waals surface area contributed by atoms with Gasteiger partial charge in [-0.25, -0.2) is 8.78 Å². The summed E-state index contributed by atoms with van der Waals surface area (Å²) in [4.78, 5) is 2.15. The molecule has 0 aliphatic carbocycles. The van der Waals surface area contributed by atoms with Crippen LogP contribution in [0, 0.1) is 11.8 Å². The molecule has 0 radical (unpaired) electrons. The highest BCUT2D eigenvalue weighted by Gasteiger charge is 2.30. The molecule has 2 rings (SSSR count). The third-order valence-electron chi connectivity index (χ3n) is 3.37. The van der Waals surface area contributed by atoms with Gasteiger partial charge in [0.1, 0.15) is 0 Å². The van der Waals surface area contributed by atoms with E-state index in [1.54, 1.807) is 0 Å². The summed E-state index contributed by atoms with van der Waals surface area (Å²) in [6.45, 7) is 4.30. The summed E-state index contributed by atoms with van der Waals surface area (Å²) in [6, 6.07) is 10.1. The zero-order valence-electron chi connectivity index (χ0n) is 10.2. The quantitative estimate of drug-likeness (QED) is 0.781. The summed E-state index contributed by atoms with van der Waals surface area (Å²) in [6.07, 6.45) is -1.53. The van der Waals surface area contributed by atoms with Crippen molar-refractivity contribution in [3.63, 3.8) is 0 Å². The predicted octanol–water partition coefficient (Wildman–Crippen LogP) is 3.41. The van der Waals surface area contributed by atoms with Crippen LogP contribution in [0.2, 0.25) is 0 Å². The number of likely N-dealkylation sites (tertiary alicyclic amines) is 1. The number of hydrogen-bond donors (Lipinski definition) is 0. The van der Waals surface area contributed by atoms with E-state index in [1.807, 2.05) is 18.2 Å². The first-order valence-corrected chi connectivity index (χ1v) is 6.19. The van der Waals surface area contributed by atoms with Crippen LogP contribution in [0.1, 0.15) is 18.9 Å². The van der Waals surface area contributed by atoms with E-state index in [9.17, 15) is 8.78 Å². The fourth-order valence-electron chi connectivity index (χ4n) is 2.67. The number of hydrogen-bond acceptors (Lipinski definition) is 1. The van der Waals surface area contributed by atoms with Gasteiger partial charge in [0.25, 0.3) is 0 Å². The number of piperidine rings is 1. The second-order valence-corrected chi connectivity index (χ2v) is 5.12. The van der Waals surface area contributed by atoms with Gasteiger partial charge in [0, 0.05) is 25.6 Å². The van der Waals surface area contributed by atoms with Crippen molar-refractivity contribution in [3.8, 4) is 0 Å². The highest BCUT2D eigenvalue weighted by molar-refractivity contribution is 5.14. The largest absolute Gasteiger partial charge is 0.298 e. The standard InChI is InChI=1S/C14H19F2N/c1-11-7-13(14(15)16)10-17(8-11)9-12-5-3-2-4-6-12/h2-6,11,13-14H,7-10H2,1H3. The summed E-state index contributed by atoms with van der Waals surface area (Å²) in [7, 11) is 0. The second-order valence-electron chi connectivity index (χ2n) is 5.12. The normalized spacial score (nSPS) is 26.4. The van der Waals surface area contributed by atoms with Crippen molar-refractivity contribution in [1.29, 1.82) is 0 Å². The summed E-state index contributed by atoms with van der Waals surface area (Å²) in [5.41, 5.74) is 1.20. The Morgan fingerprint density at radius 3 is 2.59 bits per heavy atom. The van der Waals surface area contributed by atoms with Crippen molar-refractivity contribution in [3.05, 3.63) is 35.9 Å². The van der Waals surface area contributed by atoms with Crippen molar-refractivity contribution in [2.45, 2.75) is 26.3 Å². The molecule has 94 valence electrons. The van der Waals surface area contributed by atoms with E-state index in [0.29, 0.717) is 18.9 Å². The molecule has 0 spiro atoms. The molecule has 1 aliphatic heterocycles. The van der Waals surface area contributed by atoms with Crippen LogP contribution in [0.3, 0.4) is 0 Å². The van der Waals surface area contributed by atoms with Crippen molar-refractivity contribution in [2.24, 2.45) is 11.8 Å². The Labute approximate surface area is 101 Å². The third kappa shape index (κ3) is 3.50. The van der Waals surface area contributed by atoms with Gasteiger partial charge in [0.2, 0.25) is 6.43 Å². The summed E-state index contributed by atoms with van der Waals surface area (Å²) in [5, 5.41) is 0. The Bertz CT molecular complexity index is 339. The topological polar surface area (TPSA) is 3.24 Å². The minimum absolute atomic E-state index is 0.367. The van der Waals surface area contributed by atoms with Gasteiger partial charge >= 0.3 is 0 Å². The van der Waals surface area contributed by atoms with Crippen LogP contribution in [-0.4, -0.2) is 24.4 Å². The minimum Gasteiger partial charge on any atom is -0.298 e. The molecule has 0 N–H and O–H groups in total. The van der Waals surface area contributed by atoms with Gasteiger partial charge in [-0.1, -0.05) is 37.3 Å². The van der Waals surface area contributed by atoms with Crippen LogP contribution >= 0.6 is 0 Å². The molecule has 0 aromatic heterocycles. The molecule has 1 aromatic carbocycles. The third-order valence-corrected chi connectivity index (χ3v) is 3.37. The van der Waals surface area contributed by atoms with Crippen molar-refractivity contribution >= 4 is 0 Å². The van der Waals surface area contributed by atoms with E-state index in [1.165, 1.54) is 5.56 Å². The molecule has 1 saturated heterocycles. The van der Waals surface area contributed by atoms with Gasteiger partial charge in [-0.2, -0.15) is 0 Å². The molecule has 0 amide bonds. The van der Waals surface area contributed by atoms with E-state index < -0.39 is 12.3 Å². The lowest BCUT2D eigenvalue weighted by Gasteiger charge is -2.36. The Hall–Kier alpha value is -0.960. The smallest absolute Gasteiger partial charge is 0.242 e.